The van der Waals surface area contributed by atoms with Crippen LogP contribution in [0.25, 0.3) is 0 Å². The van der Waals surface area contributed by atoms with Crippen LogP contribution in [0.1, 0.15) is 36.9 Å². The van der Waals surface area contributed by atoms with Crippen LogP contribution in [0.2, 0.25) is 0 Å². The van der Waals surface area contributed by atoms with Gasteiger partial charge in [-0.05, 0) is 24.1 Å². The number of piperazine rings is 1. The molecule has 1 heterocycles. The van der Waals surface area contributed by atoms with Crippen LogP contribution in [0.4, 0.5) is 17.6 Å². The molecule has 2 nitrogen and oxygen atoms in total. The van der Waals surface area contributed by atoms with Crippen molar-refractivity contribution >= 4 is 0 Å². The summed E-state index contributed by atoms with van der Waals surface area (Å²) in [7, 11) is 0. The fraction of sp³-hybridized carbons (Fsp3) is 0.600. The first-order valence-corrected chi connectivity index (χ1v) is 7.25. The Balaban J connectivity index is 2.39. The van der Waals surface area contributed by atoms with E-state index in [-0.39, 0.29) is 11.6 Å². The zero-order valence-corrected chi connectivity index (χ0v) is 12.0. The van der Waals surface area contributed by atoms with Gasteiger partial charge in [-0.15, -0.1) is 0 Å². The van der Waals surface area contributed by atoms with Crippen molar-refractivity contribution in [3.05, 3.63) is 35.1 Å². The van der Waals surface area contributed by atoms with Crippen molar-refractivity contribution in [3.8, 4) is 0 Å². The summed E-state index contributed by atoms with van der Waals surface area (Å²) in [4.78, 5) is 2.06. The molecule has 0 unspecified atom stereocenters. The zero-order chi connectivity index (χ0) is 15.5. The van der Waals surface area contributed by atoms with Crippen molar-refractivity contribution in [1.82, 2.24) is 10.2 Å². The number of alkyl halides is 3. The Labute approximate surface area is 122 Å². The van der Waals surface area contributed by atoms with Crippen molar-refractivity contribution in [3.63, 3.8) is 0 Å². The molecule has 1 saturated heterocycles. The van der Waals surface area contributed by atoms with E-state index in [1.807, 2.05) is 6.92 Å². The Morgan fingerprint density at radius 2 is 1.90 bits per heavy atom. The number of nitrogens with one attached hydrogen (secondary N) is 1. The summed E-state index contributed by atoms with van der Waals surface area (Å²) in [5.41, 5.74) is -0.660. The van der Waals surface area contributed by atoms with Gasteiger partial charge in [0.05, 0.1) is 5.56 Å². The summed E-state index contributed by atoms with van der Waals surface area (Å²) in [6, 6.07) is 2.71. The summed E-state index contributed by atoms with van der Waals surface area (Å²) >= 11 is 0. The lowest BCUT2D eigenvalue weighted by molar-refractivity contribution is -0.139. The molecule has 1 aliphatic heterocycles. The minimum absolute atomic E-state index is 0.188. The third-order valence-corrected chi connectivity index (χ3v) is 3.83. The maximum Gasteiger partial charge on any atom is 0.416 e. The third-order valence-electron chi connectivity index (χ3n) is 3.83. The minimum atomic E-state index is -4.53. The van der Waals surface area contributed by atoms with Gasteiger partial charge in [0.1, 0.15) is 5.82 Å². The molecule has 0 radical (unpaired) electrons. The molecule has 1 N–H and O–H groups in total. The van der Waals surface area contributed by atoms with Gasteiger partial charge in [-0.3, -0.25) is 4.90 Å². The van der Waals surface area contributed by atoms with Crippen molar-refractivity contribution in [2.45, 2.75) is 32.0 Å². The van der Waals surface area contributed by atoms with Crippen LogP contribution < -0.4 is 5.32 Å². The van der Waals surface area contributed by atoms with Crippen LogP contribution in [0.5, 0.6) is 0 Å². The molecule has 6 heteroatoms. The largest absolute Gasteiger partial charge is 0.416 e. The van der Waals surface area contributed by atoms with Crippen LogP contribution >= 0.6 is 0 Å². The Kier molecular flexibility index (Phi) is 5.22. The van der Waals surface area contributed by atoms with Crippen LogP contribution in [-0.2, 0) is 6.18 Å². The predicted octanol–water partition coefficient (Wildman–Crippen LogP) is 3.59. The molecule has 0 spiro atoms. The van der Waals surface area contributed by atoms with E-state index in [1.54, 1.807) is 0 Å². The monoisotopic (exact) mass is 304 g/mol. The van der Waals surface area contributed by atoms with Gasteiger partial charge in [0.25, 0.3) is 0 Å². The summed E-state index contributed by atoms with van der Waals surface area (Å²) in [6.07, 6.45) is -3.12. The van der Waals surface area contributed by atoms with E-state index < -0.39 is 17.6 Å². The van der Waals surface area contributed by atoms with Gasteiger partial charge in [-0.25, -0.2) is 4.39 Å². The molecule has 0 aromatic heterocycles. The quantitative estimate of drug-likeness (QED) is 0.855. The Bertz CT molecular complexity index is 467. The second kappa shape index (κ2) is 6.75. The molecule has 2 rings (SSSR count). The zero-order valence-electron chi connectivity index (χ0n) is 12.0. The Morgan fingerprint density at radius 3 is 2.48 bits per heavy atom. The van der Waals surface area contributed by atoms with Crippen molar-refractivity contribution in [2.75, 3.05) is 26.2 Å². The van der Waals surface area contributed by atoms with E-state index in [0.717, 1.165) is 25.6 Å². The number of nitrogens with zero attached hydrogens (tertiary/aromatic N) is 1. The summed E-state index contributed by atoms with van der Waals surface area (Å²) in [6.45, 7) is 4.90. The lowest BCUT2D eigenvalue weighted by Gasteiger charge is -2.36. The summed E-state index contributed by atoms with van der Waals surface area (Å²) in [5.74, 6) is -0.846. The predicted molar refractivity (Wildman–Crippen MR) is 73.5 cm³/mol. The van der Waals surface area contributed by atoms with Gasteiger partial charge in [0, 0.05) is 32.2 Å². The molecule has 0 saturated carbocycles. The van der Waals surface area contributed by atoms with Gasteiger partial charge >= 0.3 is 6.18 Å². The van der Waals surface area contributed by atoms with Crippen molar-refractivity contribution < 1.29 is 17.6 Å². The van der Waals surface area contributed by atoms with Crippen molar-refractivity contribution in [1.29, 1.82) is 0 Å². The number of benzene rings is 1. The Morgan fingerprint density at radius 1 is 1.24 bits per heavy atom. The first-order valence-electron chi connectivity index (χ1n) is 7.25. The number of halogens is 4. The van der Waals surface area contributed by atoms with E-state index in [1.165, 1.54) is 6.07 Å². The fourth-order valence-electron chi connectivity index (χ4n) is 2.87. The first kappa shape index (κ1) is 16.2. The highest BCUT2D eigenvalue weighted by Gasteiger charge is 2.37. The SMILES string of the molecule is CCC[C@H](c1ccc(F)cc1C(F)(F)F)N1CCNCC1. The van der Waals surface area contributed by atoms with Crippen LogP contribution in [0, 0.1) is 5.82 Å². The molecule has 0 bridgehead atoms. The fourth-order valence-corrected chi connectivity index (χ4v) is 2.87. The van der Waals surface area contributed by atoms with Gasteiger partial charge in [-0.1, -0.05) is 19.4 Å². The van der Waals surface area contributed by atoms with E-state index in [4.69, 9.17) is 0 Å². The number of hydrogen-bond acceptors (Lipinski definition) is 2. The Hall–Kier alpha value is -1.14. The maximum atomic E-state index is 13.2. The molecular formula is C15H20F4N2. The second-order valence-corrected chi connectivity index (χ2v) is 5.32. The standard InChI is InChI=1S/C15H20F4N2/c1-2-3-14(21-8-6-20-7-9-21)12-5-4-11(16)10-13(12)15(17,18)19/h4-5,10,14,20H,2-3,6-9H2,1H3/t14-/m1/s1. The second-order valence-electron chi connectivity index (χ2n) is 5.32. The maximum absolute atomic E-state index is 13.2. The summed E-state index contributed by atoms with van der Waals surface area (Å²) in [5, 5.41) is 3.19. The van der Waals surface area contributed by atoms with E-state index >= 15 is 0 Å². The smallest absolute Gasteiger partial charge is 0.314 e. The normalized spacial score (nSPS) is 18.7. The van der Waals surface area contributed by atoms with Gasteiger partial charge in [-0.2, -0.15) is 13.2 Å². The van der Waals surface area contributed by atoms with E-state index in [9.17, 15) is 17.6 Å². The van der Waals surface area contributed by atoms with Gasteiger partial charge < -0.3 is 5.32 Å². The minimum Gasteiger partial charge on any atom is -0.314 e. The molecule has 0 amide bonds. The molecule has 1 aliphatic rings. The average Bonchev–Trinajstić information content (AvgIpc) is 2.45. The molecule has 1 aromatic rings. The lowest BCUT2D eigenvalue weighted by Crippen LogP contribution is -2.45. The van der Waals surface area contributed by atoms with Gasteiger partial charge in [0.2, 0.25) is 0 Å². The molecular weight excluding hydrogens is 284 g/mol. The summed E-state index contributed by atoms with van der Waals surface area (Å²) < 4.78 is 52.8. The van der Waals surface area contributed by atoms with Crippen LogP contribution in [-0.4, -0.2) is 31.1 Å². The van der Waals surface area contributed by atoms with Crippen LogP contribution in [0.15, 0.2) is 18.2 Å². The molecule has 1 fully saturated rings. The highest BCUT2D eigenvalue weighted by Crippen LogP contribution is 2.38. The van der Waals surface area contributed by atoms with Gasteiger partial charge in [0.15, 0.2) is 0 Å². The van der Waals surface area contributed by atoms with Crippen LogP contribution in [0.3, 0.4) is 0 Å². The van der Waals surface area contributed by atoms with E-state index in [0.29, 0.717) is 25.6 Å². The molecule has 21 heavy (non-hydrogen) atoms. The number of hydrogen-bond donors (Lipinski definition) is 1. The highest BCUT2D eigenvalue weighted by atomic mass is 19.4. The number of rotatable bonds is 4. The molecule has 1 aromatic carbocycles. The third kappa shape index (κ3) is 3.95. The first-order chi connectivity index (χ1) is 9.93. The van der Waals surface area contributed by atoms with Crippen molar-refractivity contribution in [2.24, 2.45) is 0 Å². The topological polar surface area (TPSA) is 15.3 Å². The lowest BCUT2D eigenvalue weighted by atomic mass is 9.94. The molecule has 118 valence electrons. The average molecular weight is 304 g/mol. The highest BCUT2D eigenvalue weighted by molar-refractivity contribution is 5.33. The molecule has 1 atom stereocenters. The molecule has 0 aliphatic carbocycles. The van der Waals surface area contributed by atoms with E-state index in [2.05, 4.69) is 10.2 Å².